The standard InChI is InChI=1S/C11H13ClO2/c1-2-10(13)11(14)7-8-4-3-5-9(12)6-8/h3-6,10,13H,2,7H2,1H3. The first-order valence-corrected chi connectivity index (χ1v) is 4.96. The van der Waals surface area contributed by atoms with Crippen molar-refractivity contribution in [2.75, 3.05) is 0 Å². The first-order chi connectivity index (χ1) is 6.63. The molecule has 1 N–H and O–H groups in total. The molecule has 1 unspecified atom stereocenters. The maximum Gasteiger partial charge on any atom is 0.165 e. The third kappa shape index (κ3) is 3.13. The highest BCUT2D eigenvalue weighted by atomic mass is 35.5. The Morgan fingerprint density at radius 3 is 2.86 bits per heavy atom. The summed E-state index contributed by atoms with van der Waals surface area (Å²) in [6.45, 7) is 1.78. The van der Waals surface area contributed by atoms with Crippen LogP contribution in [0.1, 0.15) is 18.9 Å². The average Bonchev–Trinajstić information content (AvgIpc) is 2.16. The van der Waals surface area contributed by atoms with Gasteiger partial charge < -0.3 is 5.11 Å². The number of hydrogen-bond donors (Lipinski definition) is 1. The first kappa shape index (κ1) is 11.2. The van der Waals surface area contributed by atoms with E-state index in [4.69, 9.17) is 11.6 Å². The topological polar surface area (TPSA) is 37.3 Å². The fraction of sp³-hybridized carbons (Fsp3) is 0.364. The summed E-state index contributed by atoms with van der Waals surface area (Å²) in [6, 6.07) is 7.11. The molecular formula is C11H13ClO2. The van der Waals surface area contributed by atoms with E-state index in [1.165, 1.54) is 0 Å². The number of ketones is 1. The van der Waals surface area contributed by atoms with Gasteiger partial charge in [-0.25, -0.2) is 0 Å². The highest BCUT2D eigenvalue weighted by Gasteiger charge is 2.12. The lowest BCUT2D eigenvalue weighted by Crippen LogP contribution is -2.21. The molecule has 2 nitrogen and oxygen atoms in total. The number of benzene rings is 1. The molecule has 3 heteroatoms. The molecule has 14 heavy (non-hydrogen) atoms. The SMILES string of the molecule is CCC(O)C(=O)Cc1cccc(Cl)c1. The van der Waals surface area contributed by atoms with Crippen molar-refractivity contribution in [1.29, 1.82) is 0 Å². The lowest BCUT2D eigenvalue weighted by atomic mass is 10.0. The van der Waals surface area contributed by atoms with Crippen molar-refractivity contribution >= 4 is 17.4 Å². The van der Waals surface area contributed by atoms with Gasteiger partial charge >= 0.3 is 0 Å². The summed E-state index contributed by atoms with van der Waals surface area (Å²) < 4.78 is 0. The molecule has 76 valence electrons. The van der Waals surface area contributed by atoms with Crippen LogP contribution in [-0.4, -0.2) is 17.0 Å². The number of Topliss-reactive ketones (excluding diaryl/α,β-unsaturated/α-hetero) is 1. The zero-order chi connectivity index (χ0) is 10.6. The number of carbonyl (C=O) groups excluding carboxylic acids is 1. The Balaban J connectivity index is 2.65. The summed E-state index contributed by atoms with van der Waals surface area (Å²) in [5.74, 6) is -0.158. The molecule has 1 aromatic carbocycles. The number of aliphatic hydroxyl groups is 1. The van der Waals surface area contributed by atoms with Crippen molar-refractivity contribution in [3.63, 3.8) is 0 Å². The summed E-state index contributed by atoms with van der Waals surface area (Å²) in [5.41, 5.74) is 0.843. The fourth-order valence-corrected chi connectivity index (χ4v) is 1.41. The molecule has 0 radical (unpaired) electrons. The summed E-state index contributed by atoms with van der Waals surface area (Å²) >= 11 is 5.77. The zero-order valence-electron chi connectivity index (χ0n) is 8.03. The van der Waals surface area contributed by atoms with Gasteiger partial charge in [0.15, 0.2) is 5.78 Å². The minimum absolute atomic E-state index is 0.158. The number of rotatable bonds is 4. The van der Waals surface area contributed by atoms with E-state index in [1.807, 2.05) is 6.07 Å². The third-order valence-corrected chi connectivity index (χ3v) is 2.26. The molecule has 0 aliphatic rings. The molecule has 0 aliphatic heterocycles. The van der Waals surface area contributed by atoms with Crippen LogP contribution in [0.25, 0.3) is 0 Å². The van der Waals surface area contributed by atoms with E-state index >= 15 is 0 Å². The van der Waals surface area contributed by atoms with Crippen LogP contribution in [0.5, 0.6) is 0 Å². The lowest BCUT2D eigenvalue weighted by molar-refractivity contribution is -0.126. The largest absolute Gasteiger partial charge is 0.385 e. The Hall–Kier alpha value is -0.860. The second-order valence-corrected chi connectivity index (χ2v) is 3.63. The van der Waals surface area contributed by atoms with Gasteiger partial charge in [0.1, 0.15) is 6.10 Å². The lowest BCUT2D eigenvalue weighted by Gasteiger charge is -2.06. The van der Waals surface area contributed by atoms with Crippen LogP contribution < -0.4 is 0 Å². The number of carbonyl (C=O) groups is 1. The van der Waals surface area contributed by atoms with Gasteiger partial charge in [0.05, 0.1) is 0 Å². The third-order valence-electron chi connectivity index (χ3n) is 2.03. The molecule has 1 atom stereocenters. The van der Waals surface area contributed by atoms with Crippen LogP contribution in [0, 0.1) is 0 Å². The van der Waals surface area contributed by atoms with Gasteiger partial charge in [-0.05, 0) is 24.1 Å². The minimum atomic E-state index is -0.853. The van der Waals surface area contributed by atoms with Gasteiger partial charge in [0.25, 0.3) is 0 Å². The monoisotopic (exact) mass is 212 g/mol. The Kier molecular flexibility index (Phi) is 4.11. The first-order valence-electron chi connectivity index (χ1n) is 4.58. The van der Waals surface area contributed by atoms with Crippen molar-refractivity contribution in [2.45, 2.75) is 25.9 Å². The molecule has 0 heterocycles. The maximum atomic E-state index is 11.4. The van der Waals surface area contributed by atoms with Crippen LogP contribution in [-0.2, 0) is 11.2 Å². The normalized spacial score (nSPS) is 12.5. The fourth-order valence-electron chi connectivity index (χ4n) is 1.19. The number of halogens is 1. The smallest absolute Gasteiger partial charge is 0.165 e. The Bertz CT molecular complexity index is 323. The van der Waals surface area contributed by atoms with Gasteiger partial charge in [0, 0.05) is 11.4 Å². The molecular weight excluding hydrogens is 200 g/mol. The summed E-state index contributed by atoms with van der Waals surface area (Å²) in [6.07, 6.45) is -0.149. The molecule has 0 aromatic heterocycles. The number of hydrogen-bond acceptors (Lipinski definition) is 2. The predicted octanol–water partition coefficient (Wildman–Crippen LogP) is 2.22. The van der Waals surface area contributed by atoms with E-state index in [9.17, 15) is 9.90 Å². The molecule has 0 bridgehead atoms. The van der Waals surface area contributed by atoms with Gasteiger partial charge in [-0.3, -0.25) is 4.79 Å². The van der Waals surface area contributed by atoms with Crippen molar-refractivity contribution in [1.82, 2.24) is 0 Å². The highest BCUT2D eigenvalue weighted by Crippen LogP contribution is 2.12. The molecule has 1 rings (SSSR count). The quantitative estimate of drug-likeness (QED) is 0.831. The van der Waals surface area contributed by atoms with Gasteiger partial charge in [-0.1, -0.05) is 30.7 Å². The molecule has 0 saturated carbocycles. The van der Waals surface area contributed by atoms with E-state index in [0.717, 1.165) is 5.56 Å². The summed E-state index contributed by atoms with van der Waals surface area (Å²) in [5, 5.41) is 9.89. The second-order valence-electron chi connectivity index (χ2n) is 3.20. The van der Waals surface area contributed by atoms with Crippen LogP contribution in [0.2, 0.25) is 5.02 Å². The molecule has 0 aliphatic carbocycles. The van der Waals surface area contributed by atoms with Crippen molar-refractivity contribution in [2.24, 2.45) is 0 Å². The van der Waals surface area contributed by atoms with E-state index in [0.29, 0.717) is 11.4 Å². The van der Waals surface area contributed by atoms with Gasteiger partial charge in [0.2, 0.25) is 0 Å². The Morgan fingerprint density at radius 1 is 1.57 bits per heavy atom. The predicted molar refractivity (Wildman–Crippen MR) is 56.5 cm³/mol. The average molecular weight is 213 g/mol. The van der Waals surface area contributed by atoms with Crippen LogP contribution in [0.15, 0.2) is 24.3 Å². The Morgan fingerprint density at radius 2 is 2.29 bits per heavy atom. The molecule has 0 spiro atoms. The van der Waals surface area contributed by atoms with E-state index in [-0.39, 0.29) is 12.2 Å². The minimum Gasteiger partial charge on any atom is -0.385 e. The highest BCUT2D eigenvalue weighted by molar-refractivity contribution is 6.30. The van der Waals surface area contributed by atoms with E-state index in [1.54, 1.807) is 25.1 Å². The van der Waals surface area contributed by atoms with E-state index in [2.05, 4.69) is 0 Å². The maximum absolute atomic E-state index is 11.4. The molecule has 0 fully saturated rings. The van der Waals surface area contributed by atoms with Gasteiger partial charge in [-0.15, -0.1) is 0 Å². The van der Waals surface area contributed by atoms with Crippen LogP contribution >= 0.6 is 11.6 Å². The summed E-state index contributed by atoms with van der Waals surface area (Å²) in [4.78, 5) is 11.4. The summed E-state index contributed by atoms with van der Waals surface area (Å²) in [7, 11) is 0. The van der Waals surface area contributed by atoms with Crippen molar-refractivity contribution in [3.05, 3.63) is 34.9 Å². The van der Waals surface area contributed by atoms with Gasteiger partial charge in [-0.2, -0.15) is 0 Å². The van der Waals surface area contributed by atoms with Crippen molar-refractivity contribution in [3.8, 4) is 0 Å². The second kappa shape index (κ2) is 5.13. The van der Waals surface area contributed by atoms with Crippen LogP contribution in [0.3, 0.4) is 0 Å². The number of aliphatic hydroxyl groups excluding tert-OH is 1. The molecule has 1 aromatic rings. The van der Waals surface area contributed by atoms with Crippen LogP contribution in [0.4, 0.5) is 0 Å². The molecule has 0 amide bonds. The molecule has 0 saturated heterocycles. The van der Waals surface area contributed by atoms with Crippen molar-refractivity contribution < 1.29 is 9.90 Å². The van der Waals surface area contributed by atoms with E-state index < -0.39 is 6.10 Å². The Labute approximate surface area is 88.5 Å². The zero-order valence-corrected chi connectivity index (χ0v) is 8.79.